The minimum absolute atomic E-state index is 0.00272. The Morgan fingerprint density at radius 1 is 1.21 bits per heavy atom. The van der Waals surface area contributed by atoms with Gasteiger partial charge in [0.15, 0.2) is 5.03 Å². The number of amides is 1. The van der Waals surface area contributed by atoms with Gasteiger partial charge in [0.1, 0.15) is 12.3 Å². The van der Waals surface area contributed by atoms with Crippen LogP contribution in [-0.4, -0.2) is 37.0 Å². The van der Waals surface area contributed by atoms with Crippen LogP contribution in [0.2, 0.25) is 0 Å². The van der Waals surface area contributed by atoms with Crippen LogP contribution >= 0.6 is 0 Å². The number of carbonyl (C=O) groups is 1. The minimum Gasteiger partial charge on any atom is -0.469 e. The molecule has 0 saturated heterocycles. The summed E-state index contributed by atoms with van der Waals surface area (Å²) < 4.78 is 33.9. The van der Waals surface area contributed by atoms with Crippen LogP contribution in [0.5, 0.6) is 0 Å². The SMILES string of the molecule is O=C(Cn1cnc(S(=O)(=O)N2CCc3ccccc32)c1)NCCc1ccco1. The summed E-state index contributed by atoms with van der Waals surface area (Å²) in [5.74, 6) is 0.571. The van der Waals surface area contributed by atoms with Crippen molar-refractivity contribution in [2.75, 3.05) is 17.4 Å². The molecule has 0 aliphatic carbocycles. The van der Waals surface area contributed by atoms with E-state index in [0.717, 1.165) is 11.3 Å². The Kier molecular flexibility index (Phi) is 4.91. The molecule has 3 heterocycles. The number of hydrogen-bond acceptors (Lipinski definition) is 5. The minimum atomic E-state index is -3.76. The number of para-hydroxylation sites is 1. The van der Waals surface area contributed by atoms with Gasteiger partial charge in [0.25, 0.3) is 10.0 Å². The zero-order valence-electron chi connectivity index (χ0n) is 15.1. The molecule has 0 bridgehead atoms. The molecule has 0 spiro atoms. The molecule has 9 heteroatoms. The molecule has 2 aromatic heterocycles. The van der Waals surface area contributed by atoms with E-state index < -0.39 is 10.0 Å². The lowest BCUT2D eigenvalue weighted by molar-refractivity contribution is -0.121. The van der Waals surface area contributed by atoms with Crippen LogP contribution in [0.3, 0.4) is 0 Å². The lowest BCUT2D eigenvalue weighted by Crippen LogP contribution is -2.30. The monoisotopic (exact) mass is 400 g/mol. The van der Waals surface area contributed by atoms with E-state index in [1.165, 1.54) is 21.4 Å². The molecule has 1 amide bonds. The van der Waals surface area contributed by atoms with E-state index in [-0.39, 0.29) is 17.5 Å². The third kappa shape index (κ3) is 3.65. The van der Waals surface area contributed by atoms with Crippen molar-refractivity contribution in [2.24, 2.45) is 0 Å². The van der Waals surface area contributed by atoms with E-state index >= 15 is 0 Å². The normalized spacial score (nSPS) is 13.5. The van der Waals surface area contributed by atoms with Gasteiger partial charge in [0.2, 0.25) is 5.91 Å². The Balaban J connectivity index is 1.39. The summed E-state index contributed by atoms with van der Waals surface area (Å²) in [5.41, 5.74) is 1.69. The fourth-order valence-electron chi connectivity index (χ4n) is 3.23. The second-order valence-corrected chi connectivity index (χ2v) is 8.33. The van der Waals surface area contributed by atoms with E-state index in [0.29, 0.717) is 31.6 Å². The predicted octanol–water partition coefficient (Wildman–Crippen LogP) is 1.59. The molecule has 1 aliphatic heterocycles. The molecule has 0 saturated carbocycles. The number of fused-ring (bicyclic) bond motifs is 1. The summed E-state index contributed by atoms with van der Waals surface area (Å²) in [6.45, 7) is 0.829. The van der Waals surface area contributed by atoms with Crippen molar-refractivity contribution in [2.45, 2.75) is 24.4 Å². The van der Waals surface area contributed by atoms with Crippen molar-refractivity contribution in [3.63, 3.8) is 0 Å². The van der Waals surface area contributed by atoms with Crippen LogP contribution in [-0.2, 0) is 34.2 Å². The number of aromatic nitrogens is 2. The number of carbonyl (C=O) groups excluding carboxylic acids is 1. The average molecular weight is 400 g/mol. The van der Waals surface area contributed by atoms with Crippen molar-refractivity contribution in [1.29, 1.82) is 0 Å². The van der Waals surface area contributed by atoms with E-state index in [1.807, 2.05) is 24.3 Å². The standard InChI is InChI=1S/C19H20N4O4S/c24-18(20-9-7-16-5-3-11-27-16)12-22-13-19(21-14-22)28(25,26)23-10-8-15-4-1-2-6-17(15)23/h1-6,11,13-14H,7-10,12H2,(H,20,24). The number of nitrogens with zero attached hydrogens (tertiary/aromatic N) is 3. The van der Waals surface area contributed by atoms with Crippen molar-refractivity contribution in [3.05, 3.63) is 66.5 Å². The maximum Gasteiger partial charge on any atom is 0.283 e. The van der Waals surface area contributed by atoms with E-state index in [4.69, 9.17) is 4.42 Å². The first-order chi connectivity index (χ1) is 13.5. The predicted molar refractivity (Wildman–Crippen MR) is 102 cm³/mol. The molecule has 1 N–H and O–H groups in total. The van der Waals surface area contributed by atoms with Gasteiger partial charge in [0.05, 0.1) is 18.3 Å². The molecule has 146 valence electrons. The van der Waals surface area contributed by atoms with Gasteiger partial charge in [-0.25, -0.2) is 4.98 Å². The van der Waals surface area contributed by atoms with E-state index in [1.54, 1.807) is 18.4 Å². The Morgan fingerprint density at radius 2 is 2.07 bits per heavy atom. The molecule has 28 heavy (non-hydrogen) atoms. The molecule has 0 unspecified atom stereocenters. The molecule has 1 aliphatic rings. The van der Waals surface area contributed by atoms with Crippen LogP contribution in [0.15, 0.2) is 64.6 Å². The average Bonchev–Trinajstić information content (AvgIpc) is 3.42. The molecule has 0 fully saturated rings. The zero-order chi connectivity index (χ0) is 19.6. The van der Waals surface area contributed by atoms with Crippen molar-refractivity contribution >= 4 is 21.6 Å². The quantitative estimate of drug-likeness (QED) is 0.650. The highest BCUT2D eigenvalue weighted by molar-refractivity contribution is 7.92. The van der Waals surface area contributed by atoms with Gasteiger partial charge in [-0.3, -0.25) is 9.10 Å². The molecule has 0 radical (unpaired) electrons. The maximum atomic E-state index is 12.9. The van der Waals surface area contributed by atoms with Gasteiger partial charge in [-0.15, -0.1) is 0 Å². The topological polar surface area (TPSA) is 97.4 Å². The van der Waals surface area contributed by atoms with Gasteiger partial charge in [0, 0.05) is 25.7 Å². The summed E-state index contributed by atoms with van der Waals surface area (Å²) in [5, 5.41) is 2.72. The van der Waals surface area contributed by atoms with Crippen LogP contribution in [0.4, 0.5) is 5.69 Å². The van der Waals surface area contributed by atoms with Crippen molar-refractivity contribution in [3.8, 4) is 0 Å². The Bertz CT molecular complexity index is 1070. The van der Waals surface area contributed by atoms with Gasteiger partial charge >= 0.3 is 0 Å². The number of nitrogens with one attached hydrogen (secondary N) is 1. The van der Waals surface area contributed by atoms with Crippen LogP contribution in [0.1, 0.15) is 11.3 Å². The van der Waals surface area contributed by atoms with Crippen LogP contribution in [0.25, 0.3) is 0 Å². The van der Waals surface area contributed by atoms with Crippen LogP contribution < -0.4 is 9.62 Å². The highest BCUT2D eigenvalue weighted by Crippen LogP contribution is 2.32. The molecular formula is C19H20N4O4S. The summed E-state index contributed by atoms with van der Waals surface area (Å²) in [6.07, 6.45) is 5.61. The van der Waals surface area contributed by atoms with E-state index in [9.17, 15) is 13.2 Å². The lowest BCUT2D eigenvalue weighted by atomic mass is 10.2. The smallest absolute Gasteiger partial charge is 0.283 e. The fraction of sp³-hybridized carbons (Fsp3) is 0.263. The molecular weight excluding hydrogens is 380 g/mol. The number of rotatable bonds is 7. The first-order valence-electron chi connectivity index (χ1n) is 8.95. The van der Waals surface area contributed by atoms with Gasteiger partial charge < -0.3 is 14.3 Å². The molecule has 3 aromatic rings. The summed E-state index contributed by atoms with van der Waals surface area (Å²) in [7, 11) is -3.76. The Labute approximate surface area is 162 Å². The number of anilines is 1. The third-order valence-corrected chi connectivity index (χ3v) is 6.31. The van der Waals surface area contributed by atoms with Crippen LogP contribution in [0, 0.1) is 0 Å². The second-order valence-electron chi connectivity index (χ2n) is 6.52. The highest BCUT2D eigenvalue weighted by Gasteiger charge is 2.32. The first-order valence-corrected chi connectivity index (χ1v) is 10.4. The van der Waals surface area contributed by atoms with Crippen molar-refractivity contribution < 1.29 is 17.6 Å². The Hall–Kier alpha value is -3.07. The number of benzene rings is 1. The first kappa shape index (κ1) is 18.3. The number of imidazole rings is 1. The van der Waals surface area contributed by atoms with Gasteiger partial charge in [-0.2, -0.15) is 8.42 Å². The zero-order valence-corrected chi connectivity index (χ0v) is 15.9. The van der Waals surface area contributed by atoms with E-state index in [2.05, 4.69) is 10.3 Å². The third-order valence-electron chi connectivity index (χ3n) is 4.61. The summed E-state index contributed by atoms with van der Waals surface area (Å²) >= 11 is 0. The number of hydrogen-bond donors (Lipinski definition) is 1. The molecule has 1 aromatic carbocycles. The van der Waals surface area contributed by atoms with Gasteiger partial charge in [-0.1, -0.05) is 18.2 Å². The highest BCUT2D eigenvalue weighted by atomic mass is 32.2. The number of furan rings is 1. The second kappa shape index (κ2) is 7.51. The summed E-state index contributed by atoms with van der Waals surface area (Å²) in [6, 6.07) is 11.1. The maximum absolute atomic E-state index is 12.9. The Morgan fingerprint density at radius 3 is 2.89 bits per heavy atom. The molecule has 0 atom stereocenters. The largest absolute Gasteiger partial charge is 0.469 e. The van der Waals surface area contributed by atoms with Crippen molar-refractivity contribution in [1.82, 2.24) is 14.9 Å². The summed E-state index contributed by atoms with van der Waals surface area (Å²) in [4.78, 5) is 16.1. The fourth-order valence-corrected chi connectivity index (χ4v) is 4.67. The van der Waals surface area contributed by atoms with Gasteiger partial charge in [-0.05, 0) is 30.2 Å². The lowest BCUT2D eigenvalue weighted by Gasteiger charge is -2.17. The number of sulfonamides is 1. The molecule has 8 nitrogen and oxygen atoms in total. The molecule has 4 rings (SSSR count).